The maximum absolute atomic E-state index is 12.6. The zero-order valence-corrected chi connectivity index (χ0v) is 30.8. The van der Waals surface area contributed by atoms with Gasteiger partial charge in [0.05, 0.1) is 34.4 Å². The number of carboxylic acid groups (broad SMARTS) is 1. The lowest BCUT2D eigenvalue weighted by molar-refractivity contribution is -0.887. The van der Waals surface area contributed by atoms with E-state index in [0.717, 1.165) is 38.5 Å². The number of quaternary nitrogens is 1. The third-order valence-corrected chi connectivity index (χ3v) is 7.11. The van der Waals surface area contributed by atoms with Crippen LogP contribution in [0.5, 0.6) is 0 Å². The van der Waals surface area contributed by atoms with Gasteiger partial charge >= 0.3 is 17.9 Å². The van der Waals surface area contributed by atoms with Crippen LogP contribution in [0.25, 0.3) is 0 Å². The summed E-state index contributed by atoms with van der Waals surface area (Å²) in [6.07, 6.45) is 40.4. The molecule has 0 saturated carbocycles. The zero-order valence-electron chi connectivity index (χ0n) is 30.8. The van der Waals surface area contributed by atoms with E-state index in [2.05, 4.69) is 56.4 Å². The molecule has 2 unspecified atom stereocenters. The molecule has 0 aliphatic carbocycles. The predicted molar refractivity (Wildman–Crippen MR) is 201 cm³/mol. The third-order valence-electron chi connectivity index (χ3n) is 7.11. The molecule has 8 nitrogen and oxygen atoms in total. The van der Waals surface area contributed by atoms with Gasteiger partial charge in [0.25, 0.3) is 0 Å². The average Bonchev–Trinajstić information content (AvgIpc) is 3.05. The van der Waals surface area contributed by atoms with E-state index in [1.807, 2.05) is 75.8 Å². The highest BCUT2D eigenvalue weighted by Crippen LogP contribution is 2.10. The summed E-state index contributed by atoms with van der Waals surface area (Å²) >= 11 is 0. The molecule has 1 N–H and O–H groups in total. The number of unbranched alkanes of at least 4 members (excludes halogenated alkanes) is 3. The quantitative estimate of drug-likeness (QED) is 0.0277. The van der Waals surface area contributed by atoms with Gasteiger partial charge < -0.3 is 23.8 Å². The maximum atomic E-state index is 12.6. The van der Waals surface area contributed by atoms with Crippen molar-refractivity contribution >= 4 is 17.9 Å². The van der Waals surface area contributed by atoms with E-state index >= 15 is 0 Å². The van der Waals surface area contributed by atoms with Gasteiger partial charge in [-0.3, -0.25) is 9.59 Å². The van der Waals surface area contributed by atoms with Crippen LogP contribution < -0.4 is 0 Å². The second-order valence-corrected chi connectivity index (χ2v) is 12.5. The van der Waals surface area contributed by atoms with Gasteiger partial charge in [-0.1, -0.05) is 111 Å². The number of carbonyl (C=O) groups excluding carboxylic acids is 2. The van der Waals surface area contributed by atoms with Crippen LogP contribution in [0.15, 0.2) is 97.2 Å². The summed E-state index contributed by atoms with van der Waals surface area (Å²) in [5, 5.41) is 9.56. The maximum Gasteiger partial charge on any atom is 0.362 e. The van der Waals surface area contributed by atoms with Crippen molar-refractivity contribution in [2.75, 3.05) is 41.0 Å². The largest absolute Gasteiger partial charge is 0.477 e. The van der Waals surface area contributed by atoms with Gasteiger partial charge in [0, 0.05) is 19.3 Å². The zero-order chi connectivity index (χ0) is 36.4. The van der Waals surface area contributed by atoms with Crippen LogP contribution in [0.2, 0.25) is 0 Å². The van der Waals surface area contributed by atoms with Crippen molar-refractivity contribution in [3.05, 3.63) is 97.2 Å². The molecule has 8 heteroatoms. The minimum absolute atomic E-state index is 0.0128. The molecule has 274 valence electrons. The lowest BCUT2D eigenvalue weighted by Gasteiger charge is -2.31. The van der Waals surface area contributed by atoms with Crippen LogP contribution in [0.3, 0.4) is 0 Å². The van der Waals surface area contributed by atoms with Crippen LogP contribution >= 0.6 is 0 Å². The molecular formula is C41H64NO7+. The van der Waals surface area contributed by atoms with Crippen molar-refractivity contribution in [3.8, 4) is 0 Å². The average molecular weight is 683 g/mol. The van der Waals surface area contributed by atoms with Crippen LogP contribution in [-0.2, 0) is 28.6 Å². The van der Waals surface area contributed by atoms with Crippen LogP contribution in [-0.4, -0.2) is 80.6 Å². The van der Waals surface area contributed by atoms with Gasteiger partial charge in [-0.2, -0.15) is 0 Å². The van der Waals surface area contributed by atoms with Gasteiger partial charge in [-0.05, 0) is 57.8 Å². The monoisotopic (exact) mass is 682 g/mol. The summed E-state index contributed by atoms with van der Waals surface area (Å²) in [4.78, 5) is 36.7. The summed E-state index contributed by atoms with van der Waals surface area (Å²) in [6.45, 7) is 4.30. The molecule has 0 aliphatic heterocycles. The molecule has 0 spiro atoms. The fourth-order valence-corrected chi connectivity index (χ4v) is 4.37. The highest BCUT2D eigenvalue weighted by molar-refractivity contribution is 5.72. The van der Waals surface area contributed by atoms with Crippen LogP contribution in [0, 0.1) is 0 Å². The Hall–Kier alpha value is -3.75. The number of esters is 2. The van der Waals surface area contributed by atoms with Crippen molar-refractivity contribution in [1.82, 2.24) is 0 Å². The Morgan fingerprint density at radius 3 is 1.80 bits per heavy atom. The molecule has 0 fully saturated rings. The van der Waals surface area contributed by atoms with E-state index in [0.29, 0.717) is 25.7 Å². The minimum Gasteiger partial charge on any atom is -0.477 e. The number of carboxylic acids is 1. The predicted octanol–water partition coefficient (Wildman–Crippen LogP) is 8.79. The van der Waals surface area contributed by atoms with E-state index in [1.165, 1.54) is 0 Å². The van der Waals surface area contributed by atoms with Crippen molar-refractivity contribution in [1.29, 1.82) is 0 Å². The Morgan fingerprint density at radius 1 is 0.633 bits per heavy atom. The Balaban J connectivity index is 4.69. The van der Waals surface area contributed by atoms with E-state index < -0.39 is 24.1 Å². The van der Waals surface area contributed by atoms with Crippen LogP contribution in [0.1, 0.15) is 90.9 Å². The number of ether oxygens (including phenoxy) is 3. The first kappa shape index (κ1) is 45.2. The van der Waals surface area contributed by atoms with Gasteiger partial charge in [-0.15, -0.1) is 0 Å². The first-order valence-electron chi connectivity index (χ1n) is 17.8. The molecule has 0 rings (SSSR count). The Bertz CT molecular complexity index is 1120. The number of hydrogen-bond donors (Lipinski definition) is 1. The summed E-state index contributed by atoms with van der Waals surface area (Å²) in [5.41, 5.74) is 0. The summed E-state index contributed by atoms with van der Waals surface area (Å²) in [5.74, 6) is -1.64. The number of rotatable bonds is 29. The fourth-order valence-electron chi connectivity index (χ4n) is 4.37. The third kappa shape index (κ3) is 30.1. The van der Waals surface area contributed by atoms with Gasteiger partial charge in [0.15, 0.2) is 12.1 Å². The number of carbonyl (C=O) groups is 3. The van der Waals surface area contributed by atoms with E-state index in [4.69, 9.17) is 14.2 Å². The van der Waals surface area contributed by atoms with Crippen molar-refractivity contribution < 1.29 is 38.2 Å². The van der Waals surface area contributed by atoms with E-state index in [1.54, 1.807) is 0 Å². The number of likely N-dealkylation sites (N-methyl/N-ethyl adjacent to an activating group) is 1. The summed E-state index contributed by atoms with van der Waals surface area (Å²) < 4.78 is 17.0. The minimum atomic E-state index is -0.899. The molecule has 2 atom stereocenters. The SMILES string of the molecule is CC/C=C/C=C/C=C/C=C/C=C/CCCC(=O)OC(COCCC(C(=O)O)[N+](C)(C)C)COC(=O)CCCC/C=C/C/C=C/C/C=C/CC. The Morgan fingerprint density at radius 2 is 1.18 bits per heavy atom. The second kappa shape index (κ2) is 31.5. The van der Waals surface area contributed by atoms with Crippen molar-refractivity contribution in [2.45, 2.75) is 103 Å². The highest BCUT2D eigenvalue weighted by atomic mass is 16.6. The number of aliphatic carboxylic acids is 1. The molecule has 0 aromatic rings. The number of nitrogens with zero attached hydrogens (tertiary/aromatic N) is 1. The fraction of sp³-hybridized carbons (Fsp3) is 0.537. The molecule has 0 radical (unpaired) electrons. The van der Waals surface area contributed by atoms with Gasteiger partial charge in [0.1, 0.15) is 6.61 Å². The molecular weight excluding hydrogens is 618 g/mol. The molecule has 0 heterocycles. The molecule has 0 aromatic carbocycles. The number of allylic oxidation sites excluding steroid dienone is 16. The smallest absolute Gasteiger partial charge is 0.362 e. The lowest BCUT2D eigenvalue weighted by atomic mass is 10.1. The van der Waals surface area contributed by atoms with E-state index in [9.17, 15) is 19.5 Å². The molecule has 49 heavy (non-hydrogen) atoms. The first-order chi connectivity index (χ1) is 23.6. The molecule has 0 aliphatic rings. The van der Waals surface area contributed by atoms with Crippen LogP contribution in [0.4, 0.5) is 0 Å². The standard InChI is InChI=1S/C41H63NO7/c1-6-8-10-12-14-16-18-20-22-24-26-28-30-32-40(44)49-37(35-47-34-33-38(41(45)46)42(3,4)5)36-48-39(43)31-29-27-25-23-21-19-17-15-13-11-9-7-2/h8-12,14-18,20-24,26,37-38H,6-7,13,19,25,27-36H2,1-5H3/p+1/b10-8+,11-9+,14-12+,17-15+,18-16+,22-20+,23-21+,26-24+. The Labute approximate surface area is 296 Å². The first-order valence-corrected chi connectivity index (χ1v) is 17.8. The van der Waals surface area contributed by atoms with Crippen molar-refractivity contribution in [2.24, 2.45) is 0 Å². The molecule has 0 aromatic heterocycles. The summed E-state index contributed by atoms with van der Waals surface area (Å²) in [7, 11) is 5.46. The summed E-state index contributed by atoms with van der Waals surface area (Å²) in [6, 6.07) is -0.637. The molecule has 0 saturated heterocycles. The van der Waals surface area contributed by atoms with Gasteiger partial charge in [-0.25, -0.2) is 4.79 Å². The molecule has 0 amide bonds. The highest BCUT2D eigenvalue weighted by Gasteiger charge is 2.31. The molecule has 0 bridgehead atoms. The van der Waals surface area contributed by atoms with E-state index in [-0.39, 0.29) is 43.1 Å². The number of hydrogen-bond acceptors (Lipinski definition) is 6. The topological polar surface area (TPSA) is 99.1 Å². The lowest BCUT2D eigenvalue weighted by Crippen LogP contribution is -2.50. The van der Waals surface area contributed by atoms with Gasteiger partial charge in [0.2, 0.25) is 0 Å². The Kier molecular flexibility index (Phi) is 29.1. The second-order valence-electron chi connectivity index (χ2n) is 12.5. The van der Waals surface area contributed by atoms with Crippen molar-refractivity contribution in [3.63, 3.8) is 0 Å². The normalized spacial score (nSPS) is 14.2.